The van der Waals surface area contributed by atoms with Crippen LogP contribution in [0.15, 0.2) is 60.0 Å². The smallest absolute Gasteiger partial charge is 0.244 e. The molecule has 0 aliphatic carbocycles. The van der Waals surface area contributed by atoms with Crippen LogP contribution in [0.1, 0.15) is 11.1 Å². The first-order chi connectivity index (χ1) is 12.6. The number of anilines is 1. The molecular formula is C21H19N3OS. The van der Waals surface area contributed by atoms with Crippen molar-refractivity contribution >= 4 is 34.0 Å². The van der Waals surface area contributed by atoms with Gasteiger partial charge in [-0.05, 0) is 54.6 Å². The van der Waals surface area contributed by atoms with Crippen molar-refractivity contribution in [1.82, 2.24) is 9.55 Å². The van der Waals surface area contributed by atoms with Crippen molar-refractivity contribution in [3.63, 3.8) is 0 Å². The Hall–Kier alpha value is -2.92. The third-order valence-corrected chi connectivity index (χ3v) is 5.44. The van der Waals surface area contributed by atoms with E-state index in [1.165, 1.54) is 0 Å². The van der Waals surface area contributed by atoms with Crippen LogP contribution in [0.4, 0.5) is 5.69 Å². The number of nitrogens with zero attached hydrogens (tertiary/aromatic N) is 2. The second-order valence-corrected chi connectivity index (χ2v) is 7.23. The van der Waals surface area contributed by atoms with E-state index in [1.807, 2.05) is 78.4 Å². The lowest BCUT2D eigenvalue weighted by molar-refractivity contribution is -0.116. The summed E-state index contributed by atoms with van der Waals surface area (Å²) < 4.78 is 1.99. The average Bonchev–Trinajstić information content (AvgIpc) is 3.27. The molecule has 0 saturated carbocycles. The quantitative estimate of drug-likeness (QED) is 0.555. The monoisotopic (exact) mass is 361 g/mol. The number of carbonyl (C=O) groups excluding carboxylic acids is 1. The Balaban J connectivity index is 1.69. The predicted octanol–water partition coefficient (Wildman–Crippen LogP) is 5.02. The molecule has 1 N–H and O–H groups in total. The van der Waals surface area contributed by atoms with Crippen LogP contribution in [0.25, 0.3) is 21.7 Å². The number of benzene rings is 2. The highest BCUT2D eigenvalue weighted by molar-refractivity contribution is 7.13. The molecule has 0 unspecified atom stereocenters. The molecule has 0 atom stereocenters. The maximum absolute atomic E-state index is 12.8. The van der Waals surface area contributed by atoms with Gasteiger partial charge >= 0.3 is 0 Å². The van der Waals surface area contributed by atoms with Gasteiger partial charge in [0.1, 0.15) is 6.54 Å². The second-order valence-electron chi connectivity index (χ2n) is 6.28. The number of amides is 1. The van der Waals surface area contributed by atoms with Gasteiger partial charge in [-0.3, -0.25) is 4.79 Å². The number of aryl methyl sites for hydroxylation is 1. The van der Waals surface area contributed by atoms with Gasteiger partial charge in [0.2, 0.25) is 5.91 Å². The molecule has 0 aliphatic heterocycles. The third kappa shape index (κ3) is 3.02. The van der Waals surface area contributed by atoms with Gasteiger partial charge in [-0.2, -0.15) is 0 Å². The molecule has 2 aromatic carbocycles. The molecule has 2 heterocycles. The molecule has 1 amide bonds. The van der Waals surface area contributed by atoms with Crippen molar-refractivity contribution in [2.75, 3.05) is 5.32 Å². The van der Waals surface area contributed by atoms with E-state index in [2.05, 4.69) is 5.32 Å². The molecule has 4 rings (SSSR count). The van der Waals surface area contributed by atoms with Crippen LogP contribution in [0.2, 0.25) is 0 Å². The summed E-state index contributed by atoms with van der Waals surface area (Å²) in [6.45, 7) is 4.29. The molecule has 0 aliphatic rings. The van der Waals surface area contributed by atoms with Crippen molar-refractivity contribution in [3.05, 3.63) is 71.1 Å². The number of rotatable bonds is 4. The van der Waals surface area contributed by atoms with E-state index in [-0.39, 0.29) is 12.5 Å². The Kier molecular flexibility index (Phi) is 4.31. The first-order valence-corrected chi connectivity index (χ1v) is 9.36. The summed E-state index contributed by atoms with van der Waals surface area (Å²) in [6.07, 6.45) is 0. The summed E-state index contributed by atoms with van der Waals surface area (Å²) >= 11 is 1.63. The highest BCUT2D eigenvalue weighted by Crippen LogP contribution is 2.28. The average molecular weight is 361 g/mol. The van der Waals surface area contributed by atoms with Crippen LogP contribution < -0.4 is 5.32 Å². The van der Waals surface area contributed by atoms with Gasteiger partial charge < -0.3 is 9.88 Å². The van der Waals surface area contributed by atoms with E-state index >= 15 is 0 Å². The Morgan fingerprint density at radius 1 is 1.08 bits per heavy atom. The predicted molar refractivity (Wildman–Crippen MR) is 108 cm³/mol. The van der Waals surface area contributed by atoms with Crippen LogP contribution in [0, 0.1) is 13.8 Å². The van der Waals surface area contributed by atoms with Crippen molar-refractivity contribution in [2.24, 2.45) is 0 Å². The van der Waals surface area contributed by atoms with E-state index in [1.54, 1.807) is 11.3 Å². The number of para-hydroxylation sites is 2. The molecule has 0 spiro atoms. The van der Waals surface area contributed by atoms with Gasteiger partial charge in [-0.25, -0.2) is 4.98 Å². The van der Waals surface area contributed by atoms with E-state index < -0.39 is 0 Å². The summed E-state index contributed by atoms with van der Waals surface area (Å²) in [4.78, 5) is 18.5. The van der Waals surface area contributed by atoms with E-state index in [0.29, 0.717) is 0 Å². The summed E-state index contributed by atoms with van der Waals surface area (Å²) in [6, 6.07) is 17.9. The zero-order chi connectivity index (χ0) is 18.1. The molecule has 5 heteroatoms. The Labute approximate surface area is 156 Å². The Morgan fingerprint density at radius 3 is 2.73 bits per heavy atom. The van der Waals surface area contributed by atoms with Crippen LogP contribution in [0.3, 0.4) is 0 Å². The lowest BCUT2D eigenvalue weighted by Gasteiger charge is -2.12. The Morgan fingerprint density at radius 2 is 1.92 bits per heavy atom. The van der Waals surface area contributed by atoms with Gasteiger partial charge in [0.25, 0.3) is 0 Å². The van der Waals surface area contributed by atoms with Gasteiger partial charge in [-0.1, -0.05) is 30.3 Å². The minimum Gasteiger partial charge on any atom is -0.324 e. The lowest BCUT2D eigenvalue weighted by Crippen LogP contribution is -2.20. The number of fused-ring (bicyclic) bond motifs is 1. The van der Waals surface area contributed by atoms with Crippen molar-refractivity contribution < 1.29 is 4.79 Å². The van der Waals surface area contributed by atoms with Gasteiger partial charge in [0.15, 0.2) is 5.82 Å². The van der Waals surface area contributed by atoms with Crippen LogP contribution >= 0.6 is 11.3 Å². The normalized spacial score (nSPS) is 11.0. The molecule has 0 saturated heterocycles. The summed E-state index contributed by atoms with van der Waals surface area (Å²) in [5, 5.41) is 5.07. The van der Waals surface area contributed by atoms with Gasteiger partial charge in [-0.15, -0.1) is 11.3 Å². The van der Waals surface area contributed by atoms with Crippen molar-refractivity contribution in [1.29, 1.82) is 0 Å². The maximum atomic E-state index is 12.8. The summed E-state index contributed by atoms with van der Waals surface area (Å²) in [5.41, 5.74) is 4.98. The van der Waals surface area contributed by atoms with Crippen LogP contribution in [-0.4, -0.2) is 15.5 Å². The molecule has 4 aromatic rings. The molecule has 2 aromatic heterocycles. The number of hydrogen-bond acceptors (Lipinski definition) is 3. The van der Waals surface area contributed by atoms with Crippen molar-refractivity contribution in [2.45, 2.75) is 20.4 Å². The highest BCUT2D eigenvalue weighted by atomic mass is 32.1. The van der Waals surface area contributed by atoms with Gasteiger partial charge in [0, 0.05) is 5.69 Å². The minimum absolute atomic E-state index is 0.0559. The van der Waals surface area contributed by atoms with Gasteiger partial charge in [0.05, 0.1) is 15.9 Å². The zero-order valence-electron chi connectivity index (χ0n) is 14.7. The molecule has 0 bridgehead atoms. The van der Waals surface area contributed by atoms with E-state index in [0.717, 1.165) is 38.5 Å². The third-order valence-electron chi connectivity index (χ3n) is 4.58. The lowest BCUT2D eigenvalue weighted by atomic mass is 10.1. The zero-order valence-corrected chi connectivity index (χ0v) is 15.5. The Bertz CT molecular complexity index is 1080. The molecular weight excluding hydrogens is 342 g/mol. The van der Waals surface area contributed by atoms with Crippen molar-refractivity contribution in [3.8, 4) is 10.7 Å². The fraction of sp³-hybridized carbons (Fsp3) is 0.143. The SMILES string of the molecule is Cc1cccc(NC(=O)Cn2c(-c3cccs3)nc3ccccc32)c1C. The number of nitrogens with one attached hydrogen (secondary N) is 1. The first-order valence-electron chi connectivity index (χ1n) is 8.48. The highest BCUT2D eigenvalue weighted by Gasteiger charge is 2.16. The molecule has 26 heavy (non-hydrogen) atoms. The summed E-state index contributed by atoms with van der Waals surface area (Å²) in [5.74, 6) is 0.775. The molecule has 4 nitrogen and oxygen atoms in total. The number of hydrogen-bond donors (Lipinski definition) is 1. The number of aromatic nitrogens is 2. The topological polar surface area (TPSA) is 46.9 Å². The van der Waals surface area contributed by atoms with Crippen LogP contribution in [-0.2, 0) is 11.3 Å². The molecule has 0 radical (unpaired) electrons. The molecule has 0 fully saturated rings. The first kappa shape index (κ1) is 16.5. The fourth-order valence-corrected chi connectivity index (χ4v) is 3.77. The molecule has 130 valence electrons. The summed E-state index contributed by atoms with van der Waals surface area (Å²) in [7, 11) is 0. The number of thiophene rings is 1. The second kappa shape index (κ2) is 6.77. The van der Waals surface area contributed by atoms with Crippen LogP contribution in [0.5, 0.6) is 0 Å². The standard InChI is InChI=1S/C21H19N3OS/c1-14-7-5-9-16(15(14)2)22-20(25)13-24-18-10-4-3-8-17(18)23-21(24)19-11-6-12-26-19/h3-12H,13H2,1-2H3,(H,22,25). The fourth-order valence-electron chi connectivity index (χ4n) is 3.05. The number of carbonyl (C=O) groups is 1. The minimum atomic E-state index is -0.0559. The largest absolute Gasteiger partial charge is 0.324 e. The van der Waals surface area contributed by atoms with E-state index in [9.17, 15) is 4.79 Å². The maximum Gasteiger partial charge on any atom is 0.244 e. The van der Waals surface area contributed by atoms with E-state index in [4.69, 9.17) is 4.98 Å². The number of imidazole rings is 1.